The van der Waals surface area contributed by atoms with Crippen LogP contribution in [0, 0.1) is 0 Å². The number of piperazine rings is 1. The topological polar surface area (TPSA) is 72.9 Å². The van der Waals surface area contributed by atoms with Crippen molar-refractivity contribution in [3.05, 3.63) is 54.6 Å². The number of carboxylic acids is 1. The van der Waals surface area contributed by atoms with Crippen LogP contribution in [0.25, 0.3) is 21.5 Å². The SMILES string of the molecule is O=C(O)CN1CCN(CC(=O)Nc2cccc3ccc4ccccc4c23)CC1. The molecule has 1 heterocycles. The Bertz CT molecular complexity index is 1030. The summed E-state index contributed by atoms with van der Waals surface area (Å²) in [7, 11) is 0. The van der Waals surface area contributed by atoms with Crippen molar-refractivity contribution in [1.82, 2.24) is 9.80 Å². The number of rotatable bonds is 5. The molecule has 6 nitrogen and oxygen atoms in total. The van der Waals surface area contributed by atoms with E-state index in [1.165, 1.54) is 0 Å². The van der Waals surface area contributed by atoms with Crippen LogP contribution < -0.4 is 5.32 Å². The summed E-state index contributed by atoms with van der Waals surface area (Å²) in [5.41, 5.74) is 0.823. The molecule has 0 unspecified atom stereocenters. The molecule has 1 fully saturated rings. The number of benzene rings is 3. The van der Waals surface area contributed by atoms with E-state index in [9.17, 15) is 9.59 Å². The van der Waals surface area contributed by atoms with Crippen molar-refractivity contribution in [2.24, 2.45) is 0 Å². The normalized spacial score (nSPS) is 15.7. The molecular formula is C22H23N3O3. The van der Waals surface area contributed by atoms with Gasteiger partial charge in [0.15, 0.2) is 0 Å². The van der Waals surface area contributed by atoms with Crippen molar-refractivity contribution in [3.63, 3.8) is 0 Å². The predicted octanol–water partition coefficient (Wildman–Crippen LogP) is 2.63. The second-order valence-corrected chi connectivity index (χ2v) is 7.18. The highest BCUT2D eigenvalue weighted by Crippen LogP contribution is 2.31. The van der Waals surface area contributed by atoms with E-state index in [-0.39, 0.29) is 12.5 Å². The van der Waals surface area contributed by atoms with Gasteiger partial charge < -0.3 is 10.4 Å². The number of carbonyl (C=O) groups excluding carboxylic acids is 1. The first-order valence-corrected chi connectivity index (χ1v) is 9.47. The molecule has 3 aromatic carbocycles. The molecule has 1 aliphatic heterocycles. The van der Waals surface area contributed by atoms with Crippen molar-refractivity contribution >= 4 is 39.1 Å². The Kier molecular flexibility index (Phi) is 5.23. The van der Waals surface area contributed by atoms with E-state index >= 15 is 0 Å². The lowest BCUT2D eigenvalue weighted by Crippen LogP contribution is -2.49. The molecule has 6 heteroatoms. The van der Waals surface area contributed by atoms with E-state index in [1.807, 2.05) is 29.2 Å². The maximum Gasteiger partial charge on any atom is 0.317 e. The number of nitrogens with one attached hydrogen (secondary N) is 1. The summed E-state index contributed by atoms with van der Waals surface area (Å²) in [6, 6.07) is 18.3. The van der Waals surface area contributed by atoms with Crippen LogP contribution in [0.15, 0.2) is 54.6 Å². The third-order valence-corrected chi connectivity index (χ3v) is 5.23. The molecule has 0 spiro atoms. The number of anilines is 1. The Hall–Kier alpha value is -2.96. The Morgan fingerprint density at radius 2 is 1.46 bits per heavy atom. The molecule has 2 N–H and O–H groups in total. The molecule has 28 heavy (non-hydrogen) atoms. The molecule has 144 valence electrons. The third-order valence-electron chi connectivity index (χ3n) is 5.23. The van der Waals surface area contributed by atoms with Crippen LogP contribution in [-0.2, 0) is 9.59 Å². The average molecular weight is 377 g/mol. The summed E-state index contributed by atoms with van der Waals surface area (Å²) < 4.78 is 0. The van der Waals surface area contributed by atoms with E-state index in [0.29, 0.717) is 32.7 Å². The number of carboxylic acid groups (broad SMARTS) is 1. The van der Waals surface area contributed by atoms with E-state index in [4.69, 9.17) is 5.11 Å². The van der Waals surface area contributed by atoms with Crippen LogP contribution in [0.1, 0.15) is 0 Å². The number of aliphatic carboxylic acids is 1. The van der Waals surface area contributed by atoms with Crippen LogP contribution >= 0.6 is 0 Å². The molecule has 3 aromatic rings. The van der Waals surface area contributed by atoms with Gasteiger partial charge in [0.2, 0.25) is 5.91 Å². The maximum absolute atomic E-state index is 12.7. The van der Waals surface area contributed by atoms with Crippen LogP contribution in [0.3, 0.4) is 0 Å². The van der Waals surface area contributed by atoms with Gasteiger partial charge in [-0.05, 0) is 22.2 Å². The fourth-order valence-electron chi connectivity index (χ4n) is 3.85. The Morgan fingerprint density at radius 3 is 2.21 bits per heavy atom. The van der Waals surface area contributed by atoms with E-state index in [2.05, 4.69) is 40.5 Å². The Labute approximate surface area is 163 Å². The molecule has 1 aliphatic rings. The second kappa shape index (κ2) is 7.96. The molecule has 0 saturated carbocycles. The van der Waals surface area contributed by atoms with Gasteiger partial charge >= 0.3 is 5.97 Å². The minimum absolute atomic E-state index is 0.0490. The van der Waals surface area contributed by atoms with E-state index in [0.717, 1.165) is 27.2 Å². The van der Waals surface area contributed by atoms with Crippen LogP contribution in [0.5, 0.6) is 0 Å². The molecule has 1 saturated heterocycles. The molecule has 0 bridgehead atoms. The predicted molar refractivity (Wildman–Crippen MR) is 111 cm³/mol. The standard InChI is InChI=1S/C22H23N3O3/c26-20(14-24-10-12-25(13-11-24)15-21(27)28)23-19-7-3-5-17-9-8-16-4-1-2-6-18(16)22(17)19/h1-9H,10-15H2,(H,23,26)(H,27,28). The monoisotopic (exact) mass is 377 g/mol. The van der Waals surface area contributed by atoms with Gasteiger partial charge in [0, 0.05) is 37.3 Å². The molecular weight excluding hydrogens is 354 g/mol. The first-order valence-electron chi connectivity index (χ1n) is 9.47. The maximum atomic E-state index is 12.7. The molecule has 1 amide bonds. The number of nitrogens with zero attached hydrogens (tertiary/aromatic N) is 2. The molecule has 4 rings (SSSR count). The van der Waals surface area contributed by atoms with E-state index in [1.54, 1.807) is 0 Å². The van der Waals surface area contributed by atoms with Gasteiger partial charge in [-0.15, -0.1) is 0 Å². The highest BCUT2D eigenvalue weighted by atomic mass is 16.4. The van der Waals surface area contributed by atoms with Crippen molar-refractivity contribution < 1.29 is 14.7 Å². The van der Waals surface area contributed by atoms with Crippen LogP contribution in [-0.4, -0.2) is 66.1 Å². The van der Waals surface area contributed by atoms with Crippen LogP contribution in [0.2, 0.25) is 0 Å². The van der Waals surface area contributed by atoms with Gasteiger partial charge in [0.05, 0.1) is 13.1 Å². The van der Waals surface area contributed by atoms with Crippen molar-refractivity contribution in [2.75, 3.05) is 44.6 Å². The number of carbonyl (C=O) groups is 2. The summed E-state index contributed by atoms with van der Waals surface area (Å²) in [5.74, 6) is -0.860. The summed E-state index contributed by atoms with van der Waals surface area (Å²) >= 11 is 0. The minimum Gasteiger partial charge on any atom is -0.480 e. The highest BCUT2D eigenvalue weighted by molar-refractivity contribution is 6.15. The number of hydrogen-bond donors (Lipinski definition) is 2. The summed E-state index contributed by atoms with van der Waals surface area (Å²) in [6.07, 6.45) is 0. The zero-order valence-corrected chi connectivity index (χ0v) is 15.6. The summed E-state index contributed by atoms with van der Waals surface area (Å²) in [5, 5.41) is 16.4. The molecule has 0 radical (unpaired) electrons. The van der Waals surface area contributed by atoms with Gasteiger partial charge in [0.25, 0.3) is 0 Å². The minimum atomic E-state index is -0.811. The van der Waals surface area contributed by atoms with Gasteiger partial charge in [-0.2, -0.15) is 0 Å². The number of fused-ring (bicyclic) bond motifs is 3. The zero-order valence-electron chi connectivity index (χ0n) is 15.6. The smallest absolute Gasteiger partial charge is 0.317 e. The summed E-state index contributed by atoms with van der Waals surface area (Å²) in [4.78, 5) is 27.4. The second-order valence-electron chi connectivity index (χ2n) is 7.18. The van der Waals surface area contributed by atoms with Crippen molar-refractivity contribution in [3.8, 4) is 0 Å². The lowest BCUT2D eigenvalue weighted by molar-refractivity contribution is -0.139. The zero-order chi connectivity index (χ0) is 19.5. The molecule has 0 aliphatic carbocycles. The highest BCUT2D eigenvalue weighted by Gasteiger charge is 2.20. The fraction of sp³-hybridized carbons (Fsp3) is 0.273. The van der Waals surface area contributed by atoms with Gasteiger partial charge in [-0.25, -0.2) is 0 Å². The average Bonchev–Trinajstić information content (AvgIpc) is 2.69. The fourth-order valence-corrected chi connectivity index (χ4v) is 3.85. The summed E-state index contributed by atoms with van der Waals surface area (Å²) in [6.45, 7) is 3.08. The largest absolute Gasteiger partial charge is 0.480 e. The van der Waals surface area contributed by atoms with Gasteiger partial charge in [0.1, 0.15) is 0 Å². The first kappa shape index (κ1) is 18.4. The van der Waals surface area contributed by atoms with Crippen molar-refractivity contribution in [2.45, 2.75) is 0 Å². The van der Waals surface area contributed by atoms with Gasteiger partial charge in [-0.1, -0.05) is 48.5 Å². The quantitative estimate of drug-likeness (QED) is 0.669. The number of amides is 1. The first-order chi connectivity index (χ1) is 13.6. The lowest BCUT2D eigenvalue weighted by atomic mass is 10.0. The van der Waals surface area contributed by atoms with Crippen molar-refractivity contribution in [1.29, 1.82) is 0 Å². The lowest BCUT2D eigenvalue weighted by Gasteiger charge is -2.33. The number of hydrogen-bond acceptors (Lipinski definition) is 4. The molecule has 0 atom stereocenters. The Morgan fingerprint density at radius 1 is 0.821 bits per heavy atom. The van der Waals surface area contributed by atoms with E-state index < -0.39 is 5.97 Å². The van der Waals surface area contributed by atoms with Crippen LogP contribution in [0.4, 0.5) is 5.69 Å². The van der Waals surface area contributed by atoms with Gasteiger partial charge in [-0.3, -0.25) is 19.4 Å². The Balaban J connectivity index is 1.47. The molecule has 0 aromatic heterocycles. The third kappa shape index (κ3) is 3.98.